The number of azo groups is 1. The SMILES string of the molecule is CCOC(=O)CN1CCCN(C(=O)C2=C3C=CC=CC3C(=O)N=N2)CC1. The van der Waals surface area contributed by atoms with Gasteiger partial charge in [0.2, 0.25) is 0 Å². The van der Waals surface area contributed by atoms with Crippen LogP contribution in [0, 0.1) is 5.92 Å². The lowest BCUT2D eigenvalue weighted by atomic mass is 9.91. The van der Waals surface area contributed by atoms with E-state index in [1.165, 1.54) is 0 Å². The van der Waals surface area contributed by atoms with Gasteiger partial charge in [0.15, 0.2) is 5.70 Å². The summed E-state index contributed by atoms with van der Waals surface area (Å²) in [6, 6.07) is 0. The van der Waals surface area contributed by atoms with Crippen LogP contribution in [-0.2, 0) is 19.1 Å². The second-order valence-electron chi connectivity index (χ2n) is 6.29. The minimum atomic E-state index is -0.524. The van der Waals surface area contributed by atoms with Gasteiger partial charge in [-0.15, -0.1) is 10.2 Å². The maximum Gasteiger partial charge on any atom is 0.320 e. The molecule has 0 N–H and O–H groups in total. The zero-order valence-electron chi connectivity index (χ0n) is 14.8. The van der Waals surface area contributed by atoms with E-state index in [2.05, 4.69) is 10.2 Å². The van der Waals surface area contributed by atoms with Crippen LogP contribution < -0.4 is 0 Å². The first-order valence-corrected chi connectivity index (χ1v) is 8.82. The molecule has 138 valence electrons. The number of esters is 1. The molecule has 0 spiro atoms. The largest absolute Gasteiger partial charge is 0.465 e. The molecule has 3 rings (SSSR count). The number of allylic oxidation sites excluding steroid dienone is 3. The summed E-state index contributed by atoms with van der Waals surface area (Å²) in [6.07, 6.45) is 7.79. The molecule has 0 aromatic carbocycles. The Morgan fingerprint density at radius 2 is 2.04 bits per heavy atom. The Morgan fingerprint density at radius 3 is 2.85 bits per heavy atom. The third-order valence-electron chi connectivity index (χ3n) is 4.55. The zero-order valence-corrected chi connectivity index (χ0v) is 14.8. The Balaban J connectivity index is 1.68. The van der Waals surface area contributed by atoms with E-state index < -0.39 is 5.92 Å². The monoisotopic (exact) mass is 358 g/mol. The second-order valence-corrected chi connectivity index (χ2v) is 6.29. The van der Waals surface area contributed by atoms with Crippen molar-refractivity contribution < 1.29 is 19.1 Å². The van der Waals surface area contributed by atoms with Crippen LogP contribution in [0.1, 0.15) is 13.3 Å². The summed E-state index contributed by atoms with van der Waals surface area (Å²) in [4.78, 5) is 40.2. The van der Waals surface area contributed by atoms with Gasteiger partial charge in [-0.05, 0) is 13.3 Å². The third-order valence-corrected chi connectivity index (χ3v) is 4.55. The summed E-state index contributed by atoms with van der Waals surface area (Å²) < 4.78 is 4.98. The standard InChI is InChI=1S/C18H22N4O4/c1-2-26-15(23)12-21-8-5-9-22(11-10-21)18(25)16-13-6-3-4-7-14(13)17(24)20-19-16/h3-4,6-7,14H,2,5,8-12H2,1H3. The average Bonchev–Trinajstić information content (AvgIpc) is 2.87. The molecule has 0 bridgehead atoms. The van der Waals surface area contributed by atoms with Gasteiger partial charge in [-0.1, -0.05) is 24.3 Å². The molecule has 2 heterocycles. The van der Waals surface area contributed by atoms with Gasteiger partial charge in [-0.25, -0.2) is 0 Å². The number of rotatable bonds is 4. The molecule has 3 aliphatic rings. The highest BCUT2D eigenvalue weighted by atomic mass is 16.5. The molecule has 26 heavy (non-hydrogen) atoms. The van der Waals surface area contributed by atoms with Crippen molar-refractivity contribution in [1.29, 1.82) is 0 Å². The molecule has 2 aliphatic heterocycles. The Morgan fingerprint density at radius 1 is 1.19 bits per heavy atom. The first kappa shape index (κ1) is 18.2. The van der Waals surface area contributed by atoms with Gasteiger partial charge in [0.25, 0.3) is 11.8 Å². The number of fused-ring (bicyclic) bond motifs is 1. The van der Waals surface area contributed by atoms with Crippen molar-refractivity contribution in [3.05, 3.63) is 35.6 Å². The van der Waals surface area contributed by atoms with Gasteiger partial charge in [0.05, 0.1) is 19.1 Å². The fraction of sp³-hybridized carbons (Fsp3) is 0.500. The second kappa shape index (κ2) is 8.18. The van der Waals surface area contributed by atoms with E-state index in [-0.39, 0.29) is 30.0 Å². The fourth-order valence-corrected chi connectivity index (χ4v) is 3.24. The van der Waals surface area contributed by atoms with Gasteiger partial charge >= 0.3 is 5.97 Å². The van der Waals surface area contributed by atoms with Crippen molar-refractivity contribution in [3.63, 3.8) is 0 Å². The molecular formula is C18H22N4O4. The van der Waals surface area contributed by atoms with Crippen molar-refractivity contribution in [3.8, 4) is 0 Å². The molecule has 0 aromatic rings. The van der Waals surface area contributed by atoms with Gasteiger partial charge in [0, 0.05) is 31.8 Å². The van der Waals surface area contributed by atoms with Crippen LogP contribution in [0.2, 0.25) is 0 Å². The Kier molecular flexibility index (Phi) is 5.72. The lowest BCUT2D eigenvalue weighted by Gasteiger charge is -2.24. The van der Waals surface area contributed by atoms with Crippen LogP contribution in [-0.4, -0.2) is 66.9 Å². The lowest BCUT2D eigenvalue weighted by molar-refractivity contribution is -0.144. The number of nitrogens with zero attached hydrogens (tertiary/aromatic N) is 4. The Hall–Kier alpha value is -2.61. The minimum absolute atomic E-state index is 0.223. The van der Waals surface area contributed by atoms with E-state index in [1.807, 2.05) is 4.90 Å². The van der Waals surface area contributed by atoms with Crippen LogP contribution in [0.5, 0.6) is 0 Å². The van der Waals surface area contributed by atoms with E-state index >= 15 is 0 Å². The van der Waals surface area contributed by atoms with Crippen LogP contribution >= 0.6 is 0 Å². The van der Waals surface area contributed by atoms with Crippen molar-refractivity contribution in [1.82, 2.24) is 9.80 Å². The molecule has 1 atom stereocenters. The lowest BCUT2D eigenvalue weighted by Crippen LogP contribution is -2.38. The summed E-state index contributed by atoms with van der Waals surface area (Å²) >= 11 is 0. The van der Waals surface area contributed by atoms with Crippen LogP contribution in [0.3, 0.4) is 0 Å². The van der Waals surface area contributed by atoms with Crippen LogP contribution in [0.25, 0.3) is 0 Å². The molecule has 0 radical (unpaired) electrons. The summed E-state index contributed by atoms with van der Waals surface area (Å²) in [5.74, 6) is -1.35. The van der Waals surface area contributed by atoms with Crippen molar-refractivity contribution in [2.45, 2.75) is 13.3 Å². The van der Waals surface area contributed by atoms with Crippen LogP contribution in [0.15, 0.2) is 45.8 Å². The third kappa shape index (κ3) is 3.96. The summed E-state index contributed by atoms with van der Waals surface area (Å²) in [6.45, 7) is 4.74. The molecule has 2 amide bonds. The van der Waals surface area contributed by atoms with Gasteiger partial charge in [-0.2, -0.15) is 0 Å². The molecule has 8 heteroatoms. The van der Waals surface area contributed by atoms with Crippen molar-refractivity contribution in [2.24, 2.45) is 16.1 Å². The highest BCUT2D eigenvalue weighted by molar-refractivity contribution is 5.98. The number of carbonyl (C=O) groups excluding carboxylic acids is 3. The van der Waals surface area contributed by atoms with E-state index in [1.54, 1.807) is 36.1 Å². The number of hydrogen-bond donors (Lipinski definition) is 0. The van der Waals surface area contributed by atoms with E-state index in [4.69, 9.17) is 4.74 Å². The molecule has 1 saturated heterocycles. The first-order valence-electron chi connectivity index (χ1n) is 8.82. The first-order chi connectivity index (χ1) is 12.6. The maximum atomic E-state index is 12.9. The average molecular weight is 358 g/mol. The number of ether oxygens (including phenoxy) is 1. The normalized spacial score (nSPS) is 23.0. The number of amides is 2. The molecule has 1 fully saturated rings. The highest BCUT2D eigenvalue weighted by Gasteiger charge is 2.32. The maximum absolute atomic E-state index is 12.9. The van der Waals surface area contributed by atoms with E-state index in [0.29, 0.717) is 31.8 Å². The molecule has 0 aromatic heterocycles. The Bertz CT molecular complexity index is 723. The number of hydrogen-bond acceptors (Lipinski definition) is 6. The molecular weight excluding hydrogens is 336 g/mol. The zero-order chi connectivity index (χ0) is 18.5. The van der Waals surface area contributed by atoms with Gasteiger partial charge < -0.3 is 9.64 Å². The molecule has 8 nitrogen and oxygen atoms in total. The summed E-state index contributed by atoms with van der Waals surface area (Å²) in [5.41, 5.74) is 0.833. The highest BCUT2D eigenvalue weighted by Crippen LogP contribution is 2.29. The Labute approximate surface area is 151 Å². The summed E-state index contributed by atoms with van der Waals surface area (Å²) in [5, 5.41) is 7.52. The topological polar surface area (TPSA) is 91.6 Å². The smallest absolute Gasteiger partial charge is 0.320 e. The molecule has 1 unspecified atom stereocenters. The van der Waals surface area contributed by atoms with Gasteiger partial charge in [0.1, 0.15) is 0 Å². The van der Waals surface area contributed by atoms with Crippen molar-refractivity contribution in [2.75, 3.05) is 39.3 Å². The number of carbonyl (C=O) groups is 3. The fourth-order valence-electron chi connectivity index (χ4n) is 3.24. The van der Waals surface area contributed by atoms with Gasteiger partial charge in [-0.3, -0.25) is 19.3 Å². The van der Waals surface area contributed by atoms with Crippen LogP contribution in [0.4, 0.5) is 0 Å². The summed E-state index contributed by atoms with van der Waals surface area (Å²) in [7, 11) is 0. The minimum Gasteiger partial charge on any atom is -0.465 e. The van der Waals surface area contributed by atoms with E-state index in [0.717, 1.165) is 13.0 Å². The predicted molar refractivity (Wildman–Crippen MR) is 92.9 cm³/mol. The molecule has 1 aliphatic carbocycles. The molecule has 0 saturated carbocycles. The quantitative estimate of drug-likeness (QED) is 0.701. The van der Waals surface area contributed by atoms with Crippen molar-refractivity contribution >= 4 is 17.8 Å². The predicted octanol–water partition coefficient (Wildman–Crippen LogP) is 1.07. The van der Waals surface area contributed by atoms with E-state index in [9.17, 15) is 14.4 Å².